The number of imidazole rings is 1. The van der Waals surface area contributed by atoms with Gasteiger partial charge in [0.1, 0.15) is 5.65 Å². The van der Waals surface area contributed by atoms with E-state index in [1.165, 1.54) is 0 Å². The Morgan fingerprint density at radius 1 is 1.09 bits per heavy atom. The lowest BCUT2D eigenvalue weighted by atomic mass is 10.0. The molecule has 0 saturated heterocycles. The van der Waals surface area contributed by atoms with Crippen molar-refractivity contribution in [3.05, 3.63) is 66.0 Å². The van der Waals surface area contributed by atoms with Gasteiger partial charge in [-0.3, -0.25) is 14.0 Å². The standard InChI is InChI=1S/C25H25N5O5/c1-34-20-9-7-16(13-21(20)35-2)19-14-22-27-10-11-30(22)25(29-19)28-18-8-6-15(4-3-5-23(31)32)12-17(18)24(26)33/h6-14H,3-5H2,1-2H3,(H2,26,33)(H,28,29)(H,31,32). The number of carboxylic acid groups (broad SMARTS) is 1. The van der Waals surface area contributed by atoms with E-state index < -0.39 is 11.9 Å². The molecular formula is C25H25N5O5. The number of carboxylic acids is 1. The van der Waals surface area contributed by atoms with E-state index in [4.69, 9.17) is 25.3 Å². The van der Waals surface area contributed by atoms with Crippen molar-refractivity contribution in [2.24, 2.45) is 5.73 Å². The summed E-state index contributed by atoms with van der Waals surface area (Å²) in [4.78, 5) is 32.1. The molecule has 0 saturated carbocycles. The first-order valence-electron chi connectivity index (χ1n) is 10.9. The van der Waals surface area contributed by atoms with Crippen molar-refractivity contribution in [3.8, 4) is 22.8 Å². The fraction of sp³-hybridized carbons (Fsp3) is 0.200. The van der Waals surface area contributed by atoms with Gasteiger partial charge in [-0.1, -0.05) is 6.07 Å². The topological polar surface area (TPSA) is 141 Å². The molecule has 0 aliphatic carbocycles. The molecule has 0 spiro atoms. The predicted octanol–water partition coefficient (Wildman–Crippen LogP) is 3.66. The number of aromatic nitrogens is 3. The zero-order chi connectivity index (χ0) is 24.9. The number of methoxy groups -OCH3 is 2. The fourth-order valence-electron chi connectivity index (χ4n) is 3.78. The Labute approximate surface area is 201 Å². The second-order valence-electron chi connectivity index (χ2n) is 7.81. The number of nitrogens with one attached hydrogen (secondary N) is 1. The van der Waals surface area contributed by atoms with E-state index in [2.05, 4.69) is 10.3 Å². The summed E-state index contributed by atoms with van der Waals surface area (Å²) < 4.78 is 12.5. The van der Waals surface area contributed by atoms with E-state index >= 15 is 0 Å². The number of fused-ring (bicyclic) bond motifs is 1. The van der Waals surface area contributed by atoms with Gasteiger partial charge in [-0.15, -0.1) is 0 Å². The van der Waals surface area contributed by atoms with Crippen molar-refractivity contribution in [1.29, 1.82) is 0 Å². The molecule has 2 aromatic carbocycles. The average Bonchev–Trinajstić information content (AvgIpc) is 3.33. The molecule has 0 unspecified atom stereocenters. The zero-order valence-electron chi connectivity index (χ0n) is 19.3. The Morgan fingerprint density at radius 2 is 1.89 bits per heavy atom. The number of amides is 1. The van der Waals surface area contributed by atoms with Crippen molar-refractivity contribution in [2.75, 3.05) is 19.5 Å². The van der Waals surface area contributed by atoms with Gasteiger partial charge in [0.2, 0.25) is 5.95 Å². The highest BCUT2D eigenvalue weighted by Crippen LogP contribution is 2.33. The van der Waals surface area contributed by atoms with E-state index in [1.54, 1.807) is 49.2 Å². The van der Waals surface area contributed by atoms with Gasteiger partial charge in [-0.05, 0) is 48.7 Å². The lowest BCUT2D eigenvalue weighted by molar-refractivity contribution is -0.137. The molecule has 0 aliphatic heterocycles. The second-order valence-corrected chi connectivity index (χ2v) is 7.81. The van der Waals surface area contributed by atoms with Gasteiger partial charge >= 0.3 is 5.97 Å². The van der Waals surface area contributed by atoms with Crippen LogP contribution in [-0.4, -0.2) is 45.6 Å². The quantitative estimate of drug-likeness (QED) is 0.316. The highest BCUT2D eigenvalue weighted by molar-refractivity contribution is 5.99. The van der Waals surface area contributed by atoms with Gasteiger partial charge in [-0.25, -0.2) is 9.97 Å². The number of anilines is 2. The molecule has 35 heavy (non-hydrogen) atoms. The van der Waals surface area contributed by atoms with Gasteiger partial charge in [0.05, 0.1) is 31.2 Å². The fourth-order valence-corrected chi connectivity index (χ4v) is 3.78. The van der Waals surface area contributed by atoms with Crippen LogP contribution in [0.1, 0.15) is 28.8 Å². The minimum Gasteiger partial charge on any atom is -0.493 e. The molecule has 2 heterocycles. The van der Waals surface area contributed by atoms with Crippen LogP contribution in [-0.2, 0) is 11.2 Å². The normalized spacial score (nSPS) is 10.8. The molecule has 10 heteroatoms. The third-order valence-corrected chi connectivity index (χ3v) is 5.52. The minimum atomic E-state index is -0.858. The lowest BCUT2D eigenvalue weighted by Gasteiger charge is -2.14. The van der Waals surface area contributed by atoms with Crippen molar-refractivity contribution in [1.82, 2.24) is 14.4 Å². The van der Waals surface area contributed by atoms with E-state index in [0.717, 1.165) is 11.1 Å². The van der Waals surface area contributed by atoms with Gasteiger partial charge in [0.15, 0.2) is 11.5 Å². The maximum absolute atomic E-state index is 12.2. The van der Waals surface area contributed by atoms with Crippen molar-refractivity contribution < 1.29 is 24.2 Å². The number of rotatable bonds is 10. The number of hydrogen-bond acceptors (Lipinski definition) is 7. The van der Waals surface area contributed by atoms with Crippen molar-refractivity contribution in [2.45, 2.75) is 19.3 Å². The van der Waals surface area contributed by atoms with E-state index in [1.807, 2.05) is 24.3 Å². The molecule has 4 aromatic rings. The van der Waals surface area contributed by atoms with Gasteiger partial charge < -0.3 is 25.6 Å². The number of carbonyl (C=O) groups excluding carboxylic acids is 1. The van der Waals surface area contributed by atoms with Crippen LogP contribution in [0.2, 0.25) is 0 Å². The molecule has 0 aliphatic rings. The van der Waals surface area contributed by atoms with Crippen LogP contribution < -0.4 is 20.5 Å². The number of benzene rings is 2. The third kappa shape index (κ3) is 5.16. The minimum absolute atomic E-state index is 0.0530. The Kier molecular flexibility index (Phi) is 6.81. The monoisotopic (exact) mass is 475 g/mol. The summed E-state index contributed by atoms with van der Waals surface area (Å²) in [5, 5.41) is 12.1. The molecule has 0 atom stereocenters. The summed E-state index contributed by atoms with van der Waals surface area (Å²) in [7, 11) is 3.14. The van der Waals surface area contributed by atoms with Crippen LogP contribution in [0.15, 0.2) is 54.9 Å². The van der Waals surface area contributed by atoms with Gasteiger partial charge in [0.25, 0.3) is 5.91 Å². The van der Waals surface area contributed by atoms with Crippen LogP contribution in [0.4, 0.5) is 11.6 Å². The molecule has 0 fully saturated rings. The molecule has 4 rings (SSSR count). The Bertz CT molecular complexity index is 1400. The summed E-state index contributed by atoms with van der Waals surface area (Å²) in [6.45, 7) is 0. The van der Waals surface area contributed by atoms with E-state index in [-0.39, 0.29) is 12.0 Å². The molecule has 4 N–H and O–H groups in total. The van der Waals surface area contributed by atoms with Crippen LogP contribution in [0.5, 0.6) is 11.5 Å². The number of ether oxygens (including phenoxy) is 2. The molecular weight excluding hydrogens is 450 g/mol. The maximum atomic E-state index is 12.2. The number of primary amides is 1. The molecule has 180 valence electrons. The summed E-state index contributed by atoms with van der Waals surface area (Å²) >= 11 is 0. The average molecular weight is 476 g/mol. The first-order valence-corrected chi connectivity index (χ1v) is 10.9. The number of carbonyl (C=O) groups is 2. The molecule has 2 aromatic heterocycles. The first kappa shape index (κ1) is 23.6. The largest absolute Gasteiger partial charge is 0.493 e. The molecule has 10 nitrogen and oxygen atoms in total. The highest BCUT2D eigenvalue weighted by Gasteiger charge is 2.15. The number of nitrogens with two attached hydrogens (primary N) is 1. The lowest BCUT2D eigenvalue weighted by Crippen LogP contribution is -2.15. The number of aryl methyl sites for hydroxylation is 1. The van der Waals surface area contributed by atoms with E-state index in [0.29, 0.717) is 47.3 Å². The zero-order valence-corrected chi connectivity index (χ0v) is 19.3. The molecule has 0 radical (unpaired) electrons. The summed E-state index contributed by atoms with van der Waals surface area (Å²) in [5.41, 5.74) is 9.31. The molecule has 1 amide bonds. The first-order chi connectivity index (χ1) is 16.9. The van der Waals surface area contributed by atoms with Crippen LogP contribution in [0.25, 0.3) is 16.9 Å². The summed E-state index contributed by atoms with van der Waals surface area (Å²) in [6, 6.07) is 12.6. The van der Waals surface area contributed by atoms with Crippen LogP contribution in [0, 0.1) is 0 Å². The Balaban J connectivity index is 1.71. The van der Waals surface area contributed by atoms with E-state index in [9.17, 15) is 9.59 Å². The number of nitrogens with zero attached hydrogens (tertiary/aromatic N) is 3. The number of hydrogen-bond donors (Lipinski definition) is 3. The third-order valence-electron chi connectivity index (χ3n) is 5.52. The van der Waals surface area contributed by atoms with Crippen LogP contribution >= 0.6 is 0 Å². The predicted molar refractivity (Wildman–Crippen MR) is 130 cm³/mol. The second kappa shape index (κ2) is 10.1. The smallest absolute Gasteiger partial charge is 0.303 e. The molecule has 0 bridgehead atoms. The highest BCUT2D eigenvalue weighted by atomic mass is 16.5. The van der Waals surface area contributed by atoms with Crippen molar-refractivity contribution >= 4 is 29.2 Å². The Hall–Kier alpha value is -4.60. The Morgan fingerprint density at radius 3 is 2.60 bits per heavy atom. The van der Waals surface area contributed by atoms with Crippen LogP contribution in [0.3, 0.4) is 0 Å². The van der Waals surface area contributed by atoms with Gasteiger partial charge in [-0.2, -0.15) is 0 Å². The van der Waals surface area contributed by atoms with Crippen molar-refractivity contribution in [3.63, 3.8) is 0 Å². The summed E-state index contributed by atoms with van der Waals surface area (Å²) in [5.74, 6) is 0.143. The summed E-state index contributed by atoms with van der Waals surface area (Å²) in [6.07, 6.45) is 4.45. The van der Waals surface area contributed by atoms with Gasteiger partial charge in [0, 0.05) is 30.4 Å². The maximum Gasteiger partial charge on any atom is 0.303 e. The number of aliphatic carboxylic acids is 1. The SMILES string of the molecule is COc1ccc(-c2cc3nccn3c(Nc3ccc(CCCC(=O)O)cc3C(N)=O)n2)cc1OC.